The standard InChI is InChI=1S/C5H2BF6N3/c6-3-14-1(4(7,8)9)13-2(15-3)5(10,11)12/h6H2. The molecule has 0 aliphatic rings. The minimum atomic E-state index is -5.02. The van der Waals surface area contributed by atoms with Gasteiger partial charge >= 0.3 is 12.4 Å². The van der Waals surface area contributed by atoms with Gasteiger partial charge in [-0.1, -0.05) is 0 Å². The van der Waals surface area contributed by atoms with Crippen molar-refractivity contribution in [1.29, 1.82) is 0 Å². The molecule has 0 saturated heterocycles. The van der Waals surface area contributed by atoms with Crippen LogP contribution in [-0.2, 0) is 12.4 Å². The van der Waals surface area contributed by atoms with E-state index in [0.29, 0.717) is 0 Å². The predicted octanol–water partition coefficient (Wildman–Crippen LogP) is 0.168. The van der Waals surface area contributed by atoms with Crippen LogP contribution < -0.4 is 5.72 Å². The Balaban J connectivity index is 3.30. The highest BCUT2D eigenvalue weighted by Crippen LogP contribution is 2.29. The van der Waals surface area contributed by atoms with Gasteiger partial charge < -0.3 is 0 Å². The number of nitrogens with zero attached hydrogens (tertiary/aromatic N) is 3. The molecule has 3 nitrogen and oxygen atoms in total. The van der Waals surface area contributed by atoms with Crippen molar-refractivity contribution < 1.29 is 26.3 Å². The largest absolute Gasteiger partial charge is 0.451 e. The molecule has 0 fully saturated rings. The fourth-order valence-corrected chi connectivity index (χ4v) is 0.735. The summed E-state index contributed by atoms with van der Waals surface area (Å²) >= 11 is 0. The lowest BCUT2D eigenvalue weighted by Gasteiger charge is -2.09. The molecule has 0 aromatic carbocycles. The first kappa shape index (κ1) is 11.7. The summed E-state index contributed by atoms with van der Waals surface area (Å²) in [7, 11) is 0.923. The molecule has 0 radical (unpaired) electrons. The second-order valence-electron chi connectivity index (χ2n) is 2.53. The van der Waals surface area contributed by atoms with Crippen molar-refractivity contribution in [3.8, 4) is 0 Å². The zero-order valence-corrected chi connectivity index (χ0v) is 7.11. The normalized spacial score (nSPS) is 12.9. The van der Waals surface area contributed by atoms with Crippen molar-refractivity contribution >= 4 is 13.6 Å². The monoisotopic (exact) mass is 229 g/mol. The topological polar surface area (TPSA) is 38.7 Å². The third-order valence-corrected chi connectivity index (χ3v) is 1.25. The fourth-order valence-electron chi connectivity index (χ4n) is 0.735. The van der Waals surface area contributed by atoms with Gasteiger partial charge in [0.25, 0.3) is 0 Å². The summed E-state index contributed by atoms with van der Waals surface area (Å²) in [6, 6.07) is 0. The summed E-state index contributed by atoms with van der Waals surface area (Å²) < 4.78 is 72.1. The Morgan fingerprint density at radius 1 is 0.733 bits per heavy atom. The van der Waals surface area contributed by atoms with Crippen LogP contribution in [0, 0.1) is 0 Å². The summed E-state index contributed by atoms with van der Waals surface area (Å²) in [5.74, 6) is -3.69. The van der Waals surface area contributed by atoms with E-state index in [4.69, 9.17) is 0 Å². The Bertz CT molecular complexity index is 340. The van der Waals surface area contributed by atoms with Gasteiger partial charge in [-0.15, -0.1) is 0 Å². The van der Waals surface area contributed by atoms with Gasteiger partial charge in [-0.3, -0.25) is 0 Å². The maximum atomic E-state index is 12.0. The predicted molar refractivity (Wildman–Crippen MR) is 38.0 cm³/mol. The number of hydrogen-bond donors (Lipinski definition) is 0. The van der Waals surface area contributed by atoms with Crippen LogP contribution in [0.25, 0.3) is 0 Å². The van der Waals surface area contributed by atoms with Crippen LogP contribution in [0.1, 0.15) is 11.6 Å². The maximum Gasteiger partial charge on any atom is 0.451 e. The van der Waals surface area contributed by atoms with Gasteiger partial charge in [-0.25, -0.2) is 15.0 Å². The van der Waals surface area contributed by atoms with Gasteiger partial charge in [0.05, 0.1) is 5.72 Å². The summed E-state index contributed by atoms with van der Waals surface area (Å²) in [6.45, 7) is 0. The van der Waals surface area contributed by atoms with Gasteiger partial charge in [0.15, 0.2) is 7.85 Å². The van der Waals surface area contributed by atoms with Crippen molar-refractivity contribution in [2.75, 3.05) is 0 Å². The lowest BCUT2D eigenvalue weighted by atomic mass is 10.1. The molecule has 82 valence electrons. The van der Waals surface area contributed by atoms with Crippen LogP contribution in [0.2, 0.25) is 0 Å². The zero-order valence-electron chi connectivity index (χ0n) is 7.11. The Labute approximate surface area is 80.0 Å². The van der Waals surface area contributed by atoms with E-state index in [1.807, 2.05) is 0 Å². The van der Waals surface area contributed by atoms with Crippen molar-refractivity contribution in [3.63, 3.8) is 0 Å². The molecule has 10 heteroatoms. The van der Waals surface area contributed by atoms with E-state index >= 15 is 0 Å². The molecule has 1 aromatic rings. The highest BCUT2D eigenvalue weighted by Gasteiger charge is 2.40. The summed E-state index contributed by atoms with van der Waals surface area (Å²) in [5, 5.41) is 0. The van der Waals surface area contributed by atoms with Gasteiger partial charge in [-0.05, 0) is 0 Å². The molecule has 0 N–H and O–H groups in total. The number of alkyl halides is 6. The van der Waals surface area contributed by atoms with E-state index in [9.17, 15) is 26.3 Å². The number of hydrogen-bond acceptors (Lipinski definition) is 3. The van der Waals surface area contributed by atoms with E-state index in [1.165, 1.54) is 0 Å². The summed E-state index contributed by atoms with van der Waals surface area (Å²) in [5.41, 5.74) is -0.635. The van der Waals surface area contributed by atoms with Gasteiger partial charge in [0.1, 0.15) is 0 Å². The molecular formula is C5H2BF6N3. The van der Waals surface area contributed by atoms with E-state index in [2.05, 4.69) is 15.0 Å². The van der Waals surface area contributed by atoms with Gasteiger partial charge in [-0.2, -0.15) is 26.3 Å². The molecule has 0 aliphatic carbocycles. The van der Waals surface area contributed by atoms with Crippen LogP contribution in [0.5, 0.6) is 0 Å². The molecule has 0 bridgehead atoms. The van der Waals surface area contributed by atoms with Crippen LogP contribution in [0.15, 0.2) is 0 Å². The highest BCUT2D eigenvalue weighted by atomic mass is 19.4. The van der Waals surface area contributed by atoms with E-state index in [0.717, 1.165) is 7.85 Å². The SMILES string of the molecule is Bc1nc(C(F)(F)F)nc(C(F)(F)F)n1. The molecule has 0 spiro atoms. The number of aromatic nitrogens is 3. The first-order valence-corrected chi connectivity index (χ1v) is 3.48. The molecule has 0 amide bonds. The molecule has 0 saturated carbocycles. The molecule has 1 aromatic heterocycles. The number of rotatable bonds is 0. The Hall–Kier alpha value is -1.35. The Morgan fingerprint density at radius 3 is 1.33 bits per heavy atom. The molecule has 1 heterocycles. The van der Waals surface area contributed by atoms with Crippen LogP contribution in [-0.4, -0.2) is 22.8 Å². The average Bonchev–Trinajstić information content (AvgIpc) is 1.99. The molecule has 15 heavy (non-hydrogen) atoms. The summed E-state index contributed by atoms with van der Waals surface area (Å²) in [4.78, 5) is 7.85. The number of halogens is 6. The minimum absolute atomic E-state index is 0.635. The molecule has 0 unspecified atom stereocenters. The molecular weight excluding hydrogens is 227 g/mol. The van der Waals surface area contributed by atoms with E-state index in [1.54, 1.807) is 0 Å². The lowest BCUT2D eigenvalue weighted by molar-refractivity contribution is -0.154. The van der Waals surface area contributed by atoms with E-state index in [-0.39, 0.29) is 0 Å². The van der Waals surface area contributed by atoms with E-state index < -0.39 is 29.7 Å². The highest BCUT2D eigenvalue weighted by molar-refractivity contribution is 6.28. The second kappa shape index (κ2) is 3.35. The van der Waals surface area contributed by atoms with Crippen molar-refractivity contribution in [3.05, 3.63) is 11.6 Å². The lowest BCUT2D eigenvalue weighted by Crippen LogP contribution is -2.27. The first-order chi connectivity index (χ1) is 6.60. The van der Waals surface area contributed by atoms with Crippen molar-refractivity contribution in [2.45, 2.75) is 12.4 Å². The zero-order chi connectivity index (χ0) is 11.9. The smallest absolute Gasteiger partial charge is 0.221 e. The summed E-state index contributed by atoms with van der Waals surface area (Å²) in [6.07, 6.45) is -10.0. The second-order valence-corrected chi connectivity index (χ2v) is 2.53. The van der Waals surface area contributed by atoms with Crippen LogP contribution in [0.4, 0.5) is 26.3 Å². The fraction of sp³-hybridized carbons (Fsp3) is 0.400. The Kier molecular flexibility index (Phi) is 2.62. The van der Waals surface area contributed by atoms with Crippen LogP contribution >= 0.6 is 0 Å². The molecule has 1 rings (SSSR count). The van der Waals surface area contributed by atoms with Gasteiger partial charge in [0, 0.05) is 0 Å². The molecule has 0 atom stereocenters. The molecule has 0 aliphatic heterocycles. The average molecular weight is 229 g/mol. The first-order valence-electron chi connectivity index (χ1n) is 3.48. The third-order valence-electron chi connectivity index (χ3n) is 1.25. The maximum absolute atomic E-state index is 12.0. The van der Waals surface area contributed by atoms with Crippen LogP contribution in [0.3, 0.4) is 0 Å². The minimum Gasteiger partial charge on any atom is -0.221 e. The van der Waals surface area contributed by atoms with Crippen molar-refractivity contribution in [1.82, 2.24) is 15.0 Å². The quantitative estimate of drug-likeness (QED) is 0.470. The Morgan fingerprint density at radius 2 is 1.07 bits per heavy atom. The van der Waals surface area contributed by atoms with Gasteiger partial charge in [0.2, 0.25) is 11.6 Å². The van der Waals surface area contributed by atoms with Crippen molar-refractivity contribution in [2.24, 2.45) is 0 Å². The third kappa shape index (κ3) is 2.80.